The lowest BCUT2D eigenvalue weighted by atomic mass is 10.0. The Morgan fingerprint density at radius 3 is 2.92 bits per heavy atom. The maximum absolute atomic E-state index is 12.1. The number of hydrogen-bond acceptors (Lipinski definition) is 6. The van der Waals surface area contributed by atoms with Crippen molar-refractivity contribution in [1.29, 1.82) is 5.26 Å². The average molecular weight is 335 g/mol. The van der Waals surface area contributed by atoms with Gasteiger partial charge in [-0.05, 0) is 6.42 Å². The van der Waals surface area contributed by atoms with E-state index in [1.807, 2.05) is 29.2 Å². The Kier molecular flexibility index (Phi) is 3.02. The van der Waals surface area contributed by atoms with E-state index in [1.54, 1.807) is 6.20 Å². The van der Waals surface area contributed by atoms with E-state index in [1.165, 1.54) is 0 Å². The summed E-state index contributed by atoms with van der Waals surface area (Å²) in [7, 11) is 0. The van der Waals surface area contributed by atoms with E-state index in [0.717, 1.165) is 29.4 Å². The predicted octanol–water partition coefficient (Wildman–Crippen LogP) is 0.752. The highest BCUT2D eigenvalue weighted by molar-refractivity contribution is 5.98. The number of carbonyl (C=O) groups is 1. The van der Waals surface area contributed by atoms with Gasteiger partial charge in [0.05, 0.1) is 24.6 Å². The Bertz CT molecular complexity index is 923. The number of fused-ring (bicyclic) bond motifs is 6. The van der Waals surface area contributed by atoms with Crippen LogP contribution in [0.3, 0.4) is 0 Å². The summed E-state index contributed by atoms with van der Waals surface area (Å²) in [5, 5.41) is 24.3. The molecule has 2 aromatic rings. The molecule has 0 saturated carbocycles. The molecular weight excluding hydrogens is 318 g/mol. The fourth-order valence-corrected chi connectivity index (χ4v) is 4.80. The highest BCUT2D eigenvalue weighted by Crippen LogP contribution is 2.41. The second-order valence-corrected chi connectivity index (χ2v) is 6.95. The van der Waals surface area contributed by atoms with Crippen LogP contribution in [-0.2, 0) is 4.79 Å². The third-order valence-corrected chi connectivity index (χ3v) is 5.82. The van der Waals surface area contributed by atoms with Gasteiger partial charge in [-0.2, -0.15) is 5.26 Å². The molecule has 7 nitrogen and oxygen atoms in total. The Hall–Kier alpha value is -2.69. The molecular formula is C18H17N5O2. The highest BCUT2D eigenvalue weighted by atomic mass is 16.4. The molecule has 1 aromatic heterocycles. The first kappa shape index (κ1) is 14.6. The van der Waals surface area contributed by atoms with E-state index in [2.05, 4.69) is 21.3 Å². The van der Waals surface area contributed by atoms with Gasteiger partial charge in [0.1, 0.15) is 17.8 Å². The van der Waals surface area contributed by atoms with Gasteiger partial charge in [-0.15, -0.1) is 0 Å². The number of nitrogens with zero attached hydrogens (tertiary/aromatic N) is 4. The van der Waals surface area contributed by atoms with Crippen LogP contribution >= 0.6 is 0 Å². The molecule has 126 valence electrons. The van der Waals surface area contributed by atoms with Crippen LogP contribution in [0.2, 0.25) is 0 Å². The molecule has 2 N–H and O–H groups in total. The van der Waals surface area contributed by atoms with Gasteiger partial charge >= 0.3 is 5.97 Å². The van der Waals surface area contributed by atoms with E-state index in [4.69, 9.17) is 0 Å². The predicted molar refractivity (Wildman–Crippen MR) is 91.1 cm³/mol. The molecule has 3 fully saturated rings. The molecule has 3 saturated heterocycles. The van der Waals surface area contributed by atoms with E-state index >= 15 is 0 Å². The summed E-state index contributed by atoms with van der Waals surface area (Å²) in [6.07, 6.45) is 2.67. The zero-order chi connectivity index (χ0) is 17.1. The number of aromatic nitrogens is 1. The third-order valence-electron chi connectivity index (χ3n) is 5.82. The lowest BCUT2D eigenvalue weighted by Crippen LogP contribution is -2.54. The lowest BCUT2D eigenvalue weighted by Gasteiger charge is -2.30. The maximum Gasteiger partial charge on any atom is 0.328 e. The van der Waals surface area contributed by atoms with Crippen LogP contribution in [0.1, 0.15) is 12.1 Å². The molecule has 2 bridgehead atoms. The van der Waals surface area contributed by atoms with Crippen LogP contribution < -0.4 is 10.2 Å². The number of rotatable bonds is 2. The van der Waals surface area contributed by atoms with E-state index in [0.29, 0.717) is 18.4 Å². The molecule has 4 heterocycles. The normalized spacial score (nSPS) is 30.6. The number of carboxylic acid groups (broad SMARTS) is 1. The van der Waals surface area contributed by atoms with Crippen molar-refractivity contribution in [2.24, 2.45) is 0 Å². The van der Waals surface area contributed by atoms with E-state index in [-0.39, 0.29) is 12.1 Å². The van der Waals surface area contributed by atoms with Gasteiger partial charge in [0.25, 0.3) is 0 Å². The van der Waals surface area contributed by atoms with Crippen LogP contribution in [0, 0.1) is 11.3 Å². The van der Waals surface area contributed by atoms with Crippen LogP contribution in [0.15, 0.2) is 30.5 Å². The minimum atomic E-state index is -0.810. The number of pyridine rings is 1. The van der Waals surface area contributed by atoms with Crippen molar-refractivity contribution >= 4 is 22.4 Å². The van der Waals surface area contributed by atoms with Gasteiger partial charge in [0.2, 0.25) is 0 Å². The first-order chi connectivity index (χ1) is 12.2. The van der Waals surface area contributed by atoms with Gasteiger partial charge in [0, 0.05) is 29.4 Å². The summed E-state index contributed by atoms with van der Waals surface area (Å²) in [5.74, 6) is -0.810. The van der Waals surface area contributed by atoms with Crippen molar-refractivity contribution in [1.82, 2.24) is 15.2 Å². The summed E-state index contributed by atoms with van der Waals surface area (Å²) in [5.41, 5.74) is 1.16. The van der Waals surface area contributed by atoms with Crippen molar-refractivity contribution in [3.8, 4) is 6.07 Å². The smallest absolute Gasteiger partial charge is 0.328 e. The number of piperazine rings is 1. The largest absolute Gasteiger partial charge is 0.480 e. The van der Waals surface area contributed by atoms with Crippen molar-refractivity contribution in [3.05, 3.63) is 36.2 Å². The van der Waals surface area contributed by atoms with Crippen molar-refractivity contribution in [2.75, 3.05) is 18.1 Å². The number of hydrogen-bond donors (Lipinski definition) is 2. The standard InChI is InChI=1S/C18H17N5O2/c19-6-14-11-3-1-2-4-12(11)15(8-21-14)23-9-22-10-5-13(20-7-10)16(22)17(23)18(24)25/h1-4,8,10,13,16-17,20H,5,7,9H2,(H,24,25). The van der Waals surface area contributed by atoms with Gasteiger partial charge < -0.3 is 15.3 Å². The average Bonchev–Trinajstić information content (AvgIpc) is 3.32. The van der Waals surface area contributed by atoms with Gasteiger partial charge in [-0.3, -0.25) is 4.90 Å². The molecule has 3 aliphatic heterocycles. The molecule has 7 heteroatoms. The van der Waals surface area contributed by atoms with Gasteiger partial charge in [-0.25, -0.2) is 9.78 Å². The number of benzene rings is 1. The van der Waals surface area contributed by atoms with Gasteiger partial charge in [-0.1, -0.05) is 24.3 Å². The second-order valence-electron chi connectivity index (χ2n) is 6.95. The molecule has 0 aliphatic carbocycles. The summed E-state index contributed by atoms with van der Waals surface area (Å²) < 4.78 is 0. The lowest BCUT2D eigenvalue weighted by molar-refractivity contribution is -0.139. The Balaban J connectivity index is 1.65. The summed E-state index contributed by atoms with van der Waals surface area (Å²) in [6, 6.07) is 9.69. The van der Waals surface area contributed by atoms with Crippen molar-refractivity contribution < 1.29 is 9.90 Å². The molecule has 0 spiro atoms. The first-order valence-electron chi connectivity index (χ1n) is 8.45. The topological polar surface area (TPSA) is 92.5 Å². The highest BCUT2D eigenvalue weighted by Gasteiger charge is 2.57. The van der Waals surface area contributed by atoms with Crippen molar-refractivity contribution in [2.45, 2.75) is 30.6 Å². The molecule has 4 unspecified atom stereocenters. The fraction of sp³-hybridized carbons (Fsp3) is 0.389. The summed E-state index contributed by atoms with van der Waals surface area (Å²) >= 11 is 0. The van der Waals surface area contributed by atoms with E-state index < -0.39 is 12.0 Å². The molecule has 25 heavy (non-hydrogen) atoms. The number of nitriles is 1. The SMILES string of the molecule is N#Cc1ncc(N2CN3C4CNC(C4)C3C2C(=O)O)c2ccccc12. The molecule has 4 atom stereocenters. The fourth-order valence-electron chi connectivity index (χ4n) is 4.80. The maximum atomic E-state index is 12.1. The third kappa shape index (κ3) is 1.92. The minimum absolute atomic E-state index is 0.0225. The molecule has 3 aliphatic rings. The van der Waals surface area contributed by atoms with Crippen molar-refractivity contribution in [3.63, 3.8) is 0 Å². The number of anilines is 1. The molecule has 0 radical (unpaired) electrons. The van der Waals surface area contributed by atoms with Crippen LogP contribution in [-0.4, -0.2) is 58.3 Å². The Morgan fingerprint density at radius 1 is 1.36 bits per heavy atom. The zero-order valence-electron chi connectivity index (χ0n) is 13.5. The molecule has 1 aromatic carbocycles. The molecule has 0 amide bonds. The zero-order valence-corrected chi connectivity index (χ0v) is 13.5. The molecule has 5 rings (SSSR count). The Labute approximate surface area is 144 Å². The van der Waals surface area contributed by atoms with Crippen LogP contribution in [0.5, 0.6) is 0 Å². The first-order valence-corrected chi connectivity index (χ1v) is 8.45. The quantitative estimate of drug-likeness (QED) is 0.836. The van der Waals surface area contributed by atoms with Crippen LogP contribution in [0.25, 0.3) is 10.8 Å². The number of carboxylic acids is 1. The summed E-state index contributed by atoms with van der Waals surface area (Å²) in [6.45, 7) is 1.51. The minimum Gasteiger partial charge on any atom is -0.480 e. The number of nitrogens with one attached hydrogen (secondary N) is 1. The number of aliphatic carboxylic acids is 1. The Morgan fingerprint density at radius 2 is 2.16 bits per heavy atom. The van der Waals surface area contributed by atoms with E-state index in [9.17, 15) is 15.2 Å². The van der Waals surface area contributed by atoms with Crippen LogP contribution in [0.4, 0.5) is 5.69 Å². The van der Waals surface area contributed by atoms with Gasteiger partial charge in [0.15, 0.2) is 0 Å². The summed E-state index contributed by atoms with van der Waals surface area (Å²) in [4.78, 5) is 20.6. The second kappa shape index (κ2) is 5.15. The monoisotopic (exact) mass is 335 g/mol.